The molecule has 0 atom stereocenters. The van der Waals surface area contributed by atoms with Crippen LogP contribution in [0.15, 0.2) is 243 Å². The SMILES string of the molecule is c1ccc(-c2cccc(-c3ccc4ccc(-c5c6ccccc6c(-c6ccccc6)c6ccccc56)cc4c3-c3cccc(-c4ccccc4-c4ccccc4)c3)c2)cc1. The smallest absolute Gasteiger partial charge is 0.00261 e. The third-order valence-electron chi connectivity index (χ3n) is 12.1. The molecular formula is C60H40. The summed E-state index contributed by atoms with van der Waals surface area (Å²) in [7, 11) is 0. The zero-order chi connectivity index (χ0) is 39.8. The summed E-state index contributed by atoms with van der Waals surface area (Å²) in [6.45, 7) is 0. The molecule has 11 aromatic rings. The Balaban J connectivity index is 1.18. The molecule has 0 aliphatic carbocycles. The van der Waals surface area contributed by atoms with Gasteiger partial charge in [0.1, 0.15) is 0 Å². The Hall–Kier alpha value is -7.80. The van der Waals surface area contributed by atoms with Gasteiger partial charge in [-0.05, 0) is 128 Å². The molecular weight excluding hydrogens is 721 g/mol. The van der Waals surface area contributed by atoms with Gasteiger partial charge in [0, 0.05) is 0 Å². The molecule has 0 nitrogen and oxygen atoms in total. The monoisotopic (exact) mass is 760 g/mol. The molecule has 0 amide bonds. The summed E-state index contributed by atoms with van der Waals surface area (Å²) >= 11 is 0. The van der Waals surface area contributed by atoms with Crippen molar-refractivity contribution < 1.29 is 0 Å². The van der Waals surface area contributed by atoms with Crippen molar-refractivity contribution in [2.45, 2.75) is 0 Å². The van der Waals surface area contributed by atoms with E-state index in [4.69, 9.17) is 0 Å². The highest BCUT2D eigenvalue weighted by Crippen LogP contribution is 2.47. The van der Waals surface area contributed by atoms with E-state index in [1.807, 2.05) is 0 Å². The van der Waals surface area contributed by atoms with Crippen LogP contribution >= 0.6 is 0 Å². The third kappa shape index (κ3) is 6.27. The number of fused-ring (bicyclic) bond motifs is 3. The van der Waals surface area contributed by atoms with E-state index in [2.05, 4.69) is 243 Å². The minimum Gasteiger partial charge on any atom is -0.0622 e. The second-order valence-electron chi connectivity index (χ2n) is 15.6. The second kappa shape index (κ2) is 15.2. The summed E-state index contributed by atoms with van der Waals surface area (Å²) in [5, 5.41) is 7.46. The summed E-state index contributed by atoms with van der Waals surface area (Å²) in [6.07, 6.45) is 0. The average molecular weight is 761 g/mol. The topological polar surface area (TPSA) is 0 Å². The zero-order valence-corrected chi connectivity index (χ0v) is 33.1. The van der Waals surface area contributed by atoms with E-state index in [9.17, 15) is 0 Å². The normalized spacial score (nSPS) is 11.3. The van der Waals surface area contributed by atoms with Crippen LogP contribution in [0.5, 0.6) is 0 Å². The number of benzene rings is 11. The Morgan fingerprint density at radius 2 is 0.567 bits per heavy atom. The lowest BCUT2D eigenvalue weighted by Gasteiger charge is -2.20. The van der Waals surface area contributed by atoms with Gasteiger partial charge in [0.2, 0.25) is 0 Å². The number of hydrogen-bond donors (Lipinski definition) is 0. The number of rotatable bonds is 7. The van der Waals surface area contributed by atoms with Gasteiger partial charge >= 0.3 is 0 Å². The van der Waals surface area contributed by atoms with E-state index < -0.39 is 0 Å². The van der Waals surface area contributed by atoms with Crippen molar-refractivity contribution in [1.82, 2.24) is 0 Å². The maximum absolute atomic E-state index is 2.45. The molecule has 0 spiro atoms. The van der Waals surface area contributed by atoms with Gasteiger partial charge in [0.15, 0.2) is 0 Å². The molecule has 0 heteroatoms. The Labute approximate surface area is 351 Å². The van der Waals surface area contributed by atoms with Gasteiger partial charge in [-0.3, -0.25) is 0 Å². The Morgan fingerprint density at radius 3 is 1.18 bits per heavy atom. The van der Waals surface area contributed by atoms with Crippen molar-refractivity contribution in [2.24, 2.45) is 0 Å². The van der Waals surface area contributed by atoms with Crippen LogP contribution in [-0.2, 0) is 0 Å². The molecule has 60 heavy (non-hydrogen) atoms. The van der Waals surface area contributed by atoms with E-state index in [1.165, 1.54) is 110 Å². The minimum atomic E-state index is 1.19. The van der Waals surface area contributed by atoms with Crippen LogP contribution in [0.25, 0.3) is 110 Å². The Bertz CT molecular complexity index is 3280. The summed E-state index contributed by atoms with van der Waals surface area (Å²) in [4.78, 5) is 0. The molecule has 0 aliphatic heterocycles. The third-order valence-corrected chi connectivity index (χ3v) is 12.1. The van der Waals surface area contributed by atoms with Crippen LogP contribution in [0.3, 0.4) is 0 Å². The summed E-state index contributed by atoms with van der Waals surface area (Å²) in [5.74, 6) is 0. The first-order valence-corrected chi connectivity index (χ1v) is 20.8. The van der Waals surface area contributed by atoms with Crippen LogP contribution in [0.1, 0.15) is 0 Å². The molecule has 0 bridgehead atoms. The molecule has 0 radical (unpaired) electrons. The lowest BCUT2D eigenvalue weighted by molar-refractivity contribution is 1.56. The molecule has 0 heterocycles. The molecule has 0 fully saturated rings. The van der Waals surface area contributed by atoms with Crippen molar-refractivity contribution in [3.63, 3.8) is 0 Å². The second-order valence-corrected chi connectivity index (χ2v) is 15.6. The fourth-order valence-electron chi connectivity index (χ4n) is 9.33. The molecule has 11 rings (SSSR count). The van der Waals surface area contributed by atoms with Crippen molar-refractivity contribution in [1.29, 1.82) is 0 Å². The van der Waals surface area contributed by atoms with Gasteiger partial charge in [-0.1, -0.05) is 224 Å². The zero-order valence-electron chi connectivity index (χ0n) is 33.1. The largest absolute Gasteiger partial charge is 0.0622 e. The highest BCUT2D eigenvalue weighted by Gasteiger charge is 2.19. The van der Waals surface area contributed by atoms with E-state index in [-0.39, 0.29) is 0 Å². The van der Waals surface area contributed by atoms with Crippen molar-refractivity contribution in [3.05, 3.63) is 243 Å². The maximum atomic E-state index is 2.45. The summed E-state index contributed by atoms with van der Waals surface area (Å²) in [6, 6.07) is 88.8. The van der Waals surface area contributed by atoms with E-state index >= 15 is 0 Å². The fourth-order valence-corrected chi connectivity index (χ4v) is 9.33. The minimum absolute atomic E-state index is 1.19. The molecule has 0 saturated heterocycles. The quantitative estimate of drug-likeness (QED) is 0.142. The van der Waals surface area contributed by atoms with Crippen LogP contribution < -0.4 is 0 Å². The average Bonchev–Trinajstić information content (AvgIpc) is 3.33. The van der Waals surface area contributed by atoms with E-state index in [0.29, 0.717) is 0 Å². The predicted molar refractivity (Wildman–Crippen MR) is 257 cm³/mol. The lowest BCUT2D eigenvalue weighted by Crippen LogP contribution is -1.93. The molecule has 11 aromatic carbocycles. The molecule has 0 saturated carbocycles. The molecule has 0 aromatic heterocycles. The molecule has 0 N–H and O–H groups in total. The van der Waals surface area contributed by atoms with Crippen LogP contribution in [0, 0.1) is 0 Å². The van der Waals surface area contributed by atoms with Crippen LogP contribution in [0.4, 0.5) is 0 Å². The van der Waals surface area contributed by atoms with E-state index in [1.54, 1.807) is 0 Å². The van der Waals surface area contributed by atoms with Gasteiger partial charge in [-0.25, -0.2) is 0 Å². The van der Waals surface area contributed by atoms with Crippen molar-refractivity contribution in [3.8, 4) is 77.9 Å². The van der Waals surface area contributed by atoms with E-state index in [0.717, 1.165) is 0 Å². The highest BCUT2D eigenvalue weighted by molar-refractivity contribution is 6.22. The summed E-state index contributed by atoms with van der Waals surface area (Å²) < 4.78 is 0. The predicted octanol–water partition coefficient (Wildman–Crippen LogP) is 16.8. The molecule has 0 aliphatic rings. The van der Waals surface area contributed by atoms with Gasteiger partial charge in [-0.15, -0.1) is 0 Å². The first kappa shape index (κ1) is 35.4. The highest BCUT2D eigenvalue weighted by atomic mass is 14.2. The van der Waals surface area contributed by atoms with Gasteiger partial charge in [-0.2, -0.15) is 0 Å². The molecule has 0 unspecified atom stereocenters. The van der Waals surface area contributed by atoms with Crippen molar-refractivity contribution in [2.75, 3.05) is 0 Å². The van der Waals surface area contributed by atoms with Gasteiger partial charge in [0.25, 0.3) is 0 Å². The van der Waals surface area contributed by atoms with Crippen LogP contribution in [-0.4, -0.2) is 0 Å². The Morgan fingerprint density at radius 1 is 0.167 bits per heavy atom. The summed E-state index contributed by atoms with van der Waals surface area (Å²) in [5.41, 5.74) is 17.1. The Kier molecular flexibility index (Phi) is 8.95. The van der Waals surface area contributed by atoms with Crippen molar-refractivity contribution >= 4 is 32.3 Å². The fraction of sp³-hybridized carbons (Fsp3) is 0. The van der Waals surface area contributed by atoms with Gasteiger partial charge < -0.3 is 0 Å². The van der Waals surface area contributed by atoms with Gasteiger partial charge in [0.05, 0.1) is 0 Å². The first-order valence-electron chi connectivity index (χ1n) is 20.8. The number of hydrogen-bond acceptors (Lipinski definition) is 0. The lowest BCUT2D eigenvalue weighted by atomic mass is 9.84. The maximum Gasteiger partial charge on any atom is -0.00261 e. The molecule has 280 valence electrons. The standard InChI is InChI=1S/C60H40/c1-4-18-41(19-5-1)45-24-16-26-47(38-45)52-37-36-43-34-35-49(60-55-32-14-12-30-53(55)58(44-22-8-3-9-23-44)54-31-13-15-33-56(54)60)40-57(43)59(52)48-27-17-25-46(39-48)51-29-11-10-28-50(51)42-20-6-2-7-21-42/h1-40H. The van der Waals surface area contributed by atoms with Crippen LogP contribution in [0.2, 0.25) is 0 Å². The first-order chi connectivity index (χ1) is 29.8.